The first-order valence-corrected chi connectivity index (χ1v) is 5.19. The number of imidazole rings is 1. The zero-order chi connectivity index (χ0) is 11.5. The van der Waals surface area contributed by atoms with E-state index in [9.17, 15) is 0 Å². The van der Waals surface area contributed by atoms with E-state index in [1.165, 1.54) is 0 Å². The fourth-order valence-corrected chi connectivity index (χ4v) is 1.49. The molecule has 1 aromatic heterocycles. The third-order valence-corrected chi connectivity index (χ3v) is 2.63. The Morgan fingerprint density at radius 1 is 1.44 bits per heavy atom. The van der Waals surface area contributed by atoms with Gasteiger partial charge in [0.2, 0.25) is 0 Å². The Bertz CT molecular complexity index is 496. The summed E-state index contributed by atoms with van der Waals surface area (Å²) in [7, 11) is 1.84. The second kappa shape index (κ2) is 4.45. The van der Waals surface area contributed by atoms with E-state index in [4.69, 9.17) is 22.1 Å². The molecule has 16 heavy (non-hydrogen) atoms. The molecular formula is C11H12ClN3O. The lowest BCUT2D eigenvalue weighted by Crippen LogP contribution is -2.05. The molecule has 1 aromatic carbocycles. The lowest BCUT2D eigenvalue weighted by atomic mass is 10.3. The van der Waals surface area contributed by atoms with Crippen LogP contribution in [0.4, 0.5) is 5.82 Å². The molecule has 2 aromatic rings. The van der Waals surface area contributed by atoms with Crippen molar-refractivity contribution in [3.05, 3.63) is 41.3 Å². The van der Waals surface area contributed by atoms with Gasteiger partial charge in [0.05, 0.1) is 11.2 Å². The molecule has 84 valence electrons. The Balaban J connectivity index is 2.08. The summed E-state index contributed by atoms with van der Waals surface area (Å²) < 4.78 is 7.32. The van der Waals surface area contributed by atoms with Gasteiger partial charge in [0, 0.05) is 7.05 Å². The monoisotopic (exact) mass is 237 g/mol. The Morgan fingerprint density at radius 2 is 2.19 bits per heavy atom. The third-order valence-electron chi connectivity index (χ3n) is 2.31. The van der Waals surface area contributed by atoms with Crippen LogP contribution in [0.5, 0.6) is 5.75 Å². The number of benzene rings is 1. The molecule has 0 aliphatic carbocycles. The number of ether oxygens (including phenoxy) is 1. The minimum absolute atomic E-state index is 0.345. The molecule has 0 unspecified atom stereocenters. The molecule has 0 radical (unpaired) electrons. The van der Waals surface area contributed by atoms with E-state index >= 15 is 0 Å². The van der Waals surface area contributed by atoms with Crippen molar-refractivity contribution in [2.45, 2.75) is 6.61 Å². The zero-order valence-electron chi connectivity index (χ0n) is 8.85. The summed E-state index contributed by atoms with van der Waals surface area (Å²) in [6.45, 7) is 0.345. The number of nitrogen functional groups attached to an aromatic ring is 1. The quantitative estimate of drug-likeness (QED) is 0.891. The van der Waals surface area contributed by atoms with Crippen molar-refractivity contribution in [1.82, 2.24) is 9.55 Å². The first-order valence-electron chi connectivity index (χ1n) is 4.82. The molecule has 0 fully saturated rings. The highest BCUT2D eigenvalue weighted by atomic mass is 35.5. The van der Waals surface area contributed by atoms with Gasteiger partial charge in [-0.05, 0) is 12.1 Å². The first-order chi connectivity index (χ1) is 7.68. The lowest BCUT2D eigenvalue weighted by Gasteiger charge is -2.07. The molecule has 0 bridgehead atoms. The normalized spacial score (nSPS) is 10.4. The largest absolute Gasteiger partial charge is 0.484 e. The maximum atomic E-state index is 5.96. The fraction of sp³-hybridized carbons (Fsp3) is 0.182. The number of aromatic nitrogens is 2. The van der Waals surface area contributed by atoms with Crippen molar-refractivity contribution in [1.29, 1.82) is 0 Å². The van der Waals surface area contributed by atoms with Crippen LogP contribution in [-0.2, 0) is 13.7 Å². The van der Waals surface area contributed by atoms with Gasteiger partial charge in [0.1, 0.15) is 24.0 Å². The third kappa shape index (κ3) is 2.12. The predicted molar refractivity (Wildman–Crippen MR) is 63.4 cm³/mol. The summed E-state index contributed by atoms with van der Waals surface area (Å²) in [6, 6.07) is 7.32. The van der Waals surface area contributed by atoms with E-state index in [-0.39, 0.29) is 0 Å². The maximum Gasteiger partial charge on any atom is 0.148 e. The minimum atomic E-state index is 0.345. The van der Waals surface area contributed by atoms with E-state index in [0.29, 0.717) is 23.2 Å². The van der Waals surface area contributed by atoms with Gasteiger partial charge in [-0.25, -0.2) is 4.98 Å². The van der Waals surface area contributed by atoms with Crippen LogP contribution in [0, 0.1) is 0 Å². The van der Waals surface area contributed by atoms with E-state index < -0.39 is 0 Å². The van der Waals surface area contributed by atoms with Gasteiger partial charge in [0.15, 0.2) is 0 Å². The molecule has 0 atom stereocenters. The molecule has 0 aliphatic rings. The molecule has 2 N–H and O–H groups in total. The van der Waals surface area contributed by atoms with Gasteiger partial charge < -0.3 is 15.0 Å². The van der Waals surface area contributed by atoms with Crippen LogP contribution in [0.2, 0.25) is 5.02 Å². The standard InChI is InChI=1S/C11H12ClN3O/c1-15-10(13)6-14-11(15)7-16-9-5-3-2-4-8(9)12/h2-6H,7,13H2,1H3. The number of hydrogen-bond donors (Lipinski definition) is 1. The summed E-state index contributed by atoms with van der Waals surface area (Å²) in [5, 5.41) is 0.588. The number of para-hydroxylation sites is 1. The topological polar surface area (TPSA) is 53.1 Å². The highest BCUT2D eigenvalue weighted by Gasteiger charge is 2.05. The second-order valence-corrected chi connectivity index (χ2v) is 3.78. The summed E-state index contributed by atoms with van der Waals surface area (Å²) in [5.41, 5.74) is 5.66. The van der Waals surface area contributed by atoms with Crippen molar-refractivity contribution < 1.29 is 4.74 Å². The second-order valence-electron chi connectivity index (χ2n) is 3.38. The van der Waals surface area contributed by atoms with Gasteiger partial charge in [-0.2, -0.15) is 0 Å². The Kier molecular flexibility index (Phi) is 3.01. The lowest BCUT2D eigenvalue weighted by molar-refractivity contribution is 0.292. The molecular weight excluding hydrogens is 226 g/mol. The van der Waals surface area contributed by atoms with Crippen LogP contribution in [0.1, 0.15) is 5.82 Å². The highest BCUT2D eigenvalue weighted by Crippen LogP contribution is 2.23. The van der Waals surface area contributed by atoms with Gasteiger partial charge in [-0.15, -0.1) is 0 Å². The number of rotatable bonds is 3. The highest BCUT2D eigenvalue weighted by molar-refractivity contribution is 6.32. The van der Waals surface area contributed by atoms with Crippen LogP contribution in [-0.4, -0.2) is 9.55 Å². The van der Waals surface area contributed by atoms with Crippen molar-refractivity contribution in [3.63, 3.8) is 0 Å². The van der Waals surface area contributed by atoms with Crippen molar-refractivity contribution >= 4 is 17.4 Å². The number of halogens is 1. The van der Waals surface area contributed by atoms with E-state index in [1.54, 1.807) is 16.8 Å². The number of nitrogens with zero attached hydrogens (tertiary/aromatic N) is 2. The molecule has 2 rings (SSSR count). The number of nitrogens with two attached hydrogens (primary N) is 1. The summed E-state index contributed by atoms with van der Waals surface area (Å²) in [5.74, 6) is 2.01. The summed E-state index contributed by atoms with van der Waals surface area (Å²) in [4.78, 5) is 4.13. The van der Waals surface area contributed by atoms with Gasteiger partial charge in [-0.3, -0.25) is 0 Å². The van der Waals surface area contributed by atoms with Crippen LogP contribution in [0.3, 0.4) is 0 Å². The van der Waals surface area contributed by atoms with Crippen LogP contribution < -0.4 is 10.5 Å². The fourth-order valence-electron chi connectivity index (χ4n) is 1.30. The molecule has 4 nitrogen and oxygen atoms in total. The average molecular weight is 238 g/mol. The number of hydrogen-bond acceptors (Lipinski definition) is 3. The van der Waals surface area contributed by atoms with Gasteiger partial charge >= 0.3 is 0 Å². The molecule has 0 spiro atoms. The SMILES string of the molecule is Cn1c(N)cnc1COc1ccccc1Cl. The Morgan fingerprint density at radius 3 is 2.81 bits per heavy atom. The molecule has 0 aliphatic heterocycles. The van der Waals surface area contributed by atoms with Crippen molar-refractivity contribution in [3.8, 4) is 5.75 Å². The van der Waals surface area contributed by atoms with E-state index in [1.807, 2.05) is 25.2 Å². The average Bonchev–Trinajstić information content (AvgIpc) is 2.59. The Labute approximate surface area is 98.6 Å². The molecule has 0 amide bonds. The van der Waals surface area contributed by atoms with Crippen molar-refractivity contribution in [2.24, 2.45) is 7.05 Å². The summed E-state index contributed by atoms with van der Waals surface area (Å²) in [6.07, 6.45) is 1.60. The molecule has 1 heterocycles. The van der Waals surface area contributed by atoms with E-state index in [0.717, 1.165) is 5.82 Å². The molecule has 0 saturated heterocycles. The minimum Gasteiger partial charge on any atom is -0.484 e. The smallest absolute Gasteiger partial charge is 0.148 e. The zero-order valence-corrected chi connectivity index (χ0v) is 9.61. The number of anilines is 1. The van der Waals surface area contributed by atoms with Crippen molar-refractivity contribution in [2.75, 3.05) is 5.73 Å². The van der Waals surface area contributed by atoms with Gasteiger partial charge in [0.25, 0.3) is 0 Å². The van der Waals surface area contributed by atoms with Crippen LogP contribution in [0.25, 0.3) is 0 Å². The van der Waals surface area contributed by atoms with Gasteiger partial charge in [-0.1, -0.05) is 23.7 Å². The van der Waals surface area contributed by atoms with E-state index in [2.05, 4.69) is 4.98 Å². The molecule has 0 saturated carbocycles. The first kappa shape index (κ1) is 10.8. The Hall–Kier alpha value is -1.68. The molecule has 5 heteroatoms. The maximum absolute atomic E-state index is 5.96. The summed E-state index contributed by atoms with van der Waals surface area (Å²) >= 11 is 5.96. The van der Waals surface area contributed by atoms with Crippen LogP contribution in [0.15, 0.2) is 30.5 Å². The predicted octanol–water partition coefficient (Wildman–Crippen LogP) is 2.23. The van der Waals surface area contributed by atoms with Crippen LogP contribution >= 0.6 is 11.6 Å².